The van der Waals surface area contributed by atoms with Crippen molar-refractivity contribution in [3.8, 4) is 102 Å². The smallest absolute Gasteiger partial charge is 0.179 e. The van der Waals surface area contributed by atoms with Crippen molar-refractivity contribution in [2.75, 3.05) is 0 Å². The Bertz CT molecular complexity index is 3500. The number of rotatable bonds is 9. The largest absolute Gasteiger partial charge is 0.228 e. The summed E-state index contributed by atoms with van der Waals surface area (Å²) in [5.41, 5.74) is 14.1. The topological polar surface area (TPSA) is 103 Å². The van der Waals surface area contributed by atoms with Crippen LogP contribution in [0.2, 0.25) is 0 Å². The van der Waals surface area contributed by atoms with Gasteiger partial charge in [-0.25, -0.2) is 39.9 Å². The Balaban J connectivity index is 0.898. The molecule has 0 bridgehead atoms. The first-order chi connectivity index (χ1) is 33.7. The molecule has 318 valence electrons. The van der Waals surface area contributed by atoms with Gasteiger partial charge in [0.25, 0.3) is 0 Å². The van der Waals surface area contributed by atoms with Gasteiger partial charge in [-0.15, -0.1) is 0 Å². The van der Waals surface area contributed by atoms with Crippen LogP contribution in [0.15, 0.2) is 231 Å². The molecule has 8 heteroatoms. The van der Waals surface area contributed by atoms with Gasteiger partial charge in [-0.2, -0.15) is 0 Å². The van der Waals surface area contributed by atoms with E-state index in [1.165, 1.54) is 0 Å². The Morgan fingerprint density at radius 2 is 0.500 bits per heavy atom. The van der Waals surface area contributed by atoms with Crippen LogP contribution in [-0.4, -0.2) is 39.9 Å². The zero-order valence-electron chi connectivity index (χ0n) is 36.5. The predicted molar refractivity (Wildman–Crippen MR) is 273 cm³/mol. The van der Waals surface area contributed by atoms with Crippen LogP contribution in [0.1, 0.15) is 0 Å². The third kappa shape index (κ3) is 7.92. The first-order valence-corrected chi connectivity index (χ1v) is 22.4. The highest BCUT2D eigenvalue weighted by Gasteiger charge is 2.18. The first kappa shape index (κ1) is 40.1. The van der Waals surface area contributed by atoms with E-state index in [2.05, 4.69) is 84.9 Å². The van der Waals surface area contributed by atoms with Gasteiger partial charge in [0.1, 0.15) is 11.4 Å². The van der Waals surface area contributed by atoms with E-state index in [9.17, 15) is 0 Å². The van der Waals surface area contributed by atoms with Crippen molar-refractivity contribution >= 4 is 21.8 Å². The Kier molecular flexibility index (Phi) is 10.3. The molecule has 68 heavy (non-hydrogen) atoms. The maximum absolute atomic E-state index is 5.14. The molecule has 0 saturated heterocycles. The second kappa shape index (κ2) is 17.5. The van der Waals surface area contributed by atoms with Gasteiger partial charge in [-0.1, -0.05) is 206 Å². The Hall–Kier alpha value is -9.40. The van der Waals surface area contributed by atoms with Gasteiger partial charge in [0, 0.05) is 44.2 Å². The van der Waals surface area contributed by atoms with Gasteiger partial charge >= 0.3 is 0 Å². The van der Waals surface area contributed by atoms with Gasteiger partial charge in [-0.3, -0.25) is 0 Å². The summed E-state index contributed by atoms with van der Waals surface area (Å²) < 4.78 is 0. The minimum atomic E-state index is 0.536. The van der Waals surface area contributed by atoms with Gasteiger partial charge in [0.2, 0.25) is 0 Å². The predicted octanol–water partition coefficient (Wildman–Crippen LogP) is 14.2. The molecule has 0 atom stereocenters. The van der Waals surface area contributed by atoms with Crippen LogP contribution in [0.25, 0.3) is 124 Å². The molecule has 0 amide bonds. The lowest BCUT2D eigenvalue weighted by Gasteiger charge is -2.12. The van der Waals surface area contributed by atoms with Crippen LogP contribution >= 0.6 is 0 Å². The quantitative estimate of drug-likeness (QED) is 0.141. The van der Waals surface area contributed by atoms with Crippen molar-refractivity contribution in [2.45, 2.75) is 0 Å². The molecule has 0 aliphatic heterocycles. The van der Waals surface area contributed by atoms with Crippen LogP contribution in [0.5, 0.6) is 0 Å². The van der Waals surface area contributed by atoms with Crippen LogP contribution in [-0.2, 0) is 0 Å². The average molecular weight is 871 g/mol. The summed E-state index contributed by atoms with van der Waals surface area (Å²) in [6, 6.07) is 77.7. The fourth-order valence-electron chi connectivity index (χ4n) is 8.53. The zero-order valence-corrected chi connectivity index (χ0v) is 36.5. The van der Waals surface area contributed by atoms with Crippen molar-refractivity contribution in [2.24, 2.45) is 0 Å². The lowest BCUT2D eigenvalue weighted by Crippen LogP contribution is -2.00. The molecule has 12 aromatic rings. The van der Waals surface area contributed by atoms with E-state index in [4.69, 9.17) is 39.9 Å². The maximum Gasteiger partial charge on any atom is 0.179 e. The lowest BCUT2D eigenvalue weighted by atomic mass is 10.00. The molecular weight excluding hydrogens is 833 g/mol. The minimum absolute atomic E-state index is 0.536. The number of nitrogens with zero attached hydrogens (tertiary/aromatic N) is 8. The molecule has 0 radical (unpaired) electrons. The molecule has 4 heterocycles. The van der Waals surface area contributed by atoms with Crippen molar-refractivity contribution < 1.29 is 0 Å². The summed E-state index contributed by atoms with van der Waals surface area (Å²) in [5, 5.41) is 1.96. The molecule has 0 fully saturated rings. The normalized spacial score (nSPS) is 11.2. The van der Waals surface area contributed by atoms with E-state index in [0.29, 0.717) is 34.7 Å². The van der Waals surface area contributed by atoms with Gasteiger partial charge < -0.3 is 0 Å². The standard InChI is InChI=1S/C60H38N8/c1-5-17-43(18-6-1)55-47-25-13-15-27-49(47)61-59(67-55)53-37-51(63-57(65-53)45-21-9-3-10-22-45)41-33-29-39(30-34-41)40-31-35-42(36-32-40)52-38-54(66-58(64-52)46-23-11-4-12-24-46)60-62-50-28-16-14-26-48(50)56(68-60)44-19-7-2-8-20-44/h1-38H. The van der Waals surface area contributed by atoms with Gasteiger partial charge in [-0.05, 0) is 35.4 Å². The fourth-order valence-corrected chi connectivity index (χ4v) is 8.53. The molecule has 12 rings (SSSR count). The summed E-state index contributed by atoms with van der Waals surface area (Å²) in [4.78, 5) is 40.7. The number of hydrogen-bond acceptors (Lipinski definition) is 8. The molecule has 0 N–H and O–H groups in total. The van der Waals surface area contributed by atoms with E-state index in [0.717, 1.165) is 89.1 Å². The van der Waals surface area contributed by atoms with Gasteiger partial charge in [0.15, 0.2) is 23.3 Å². The minimum Gasteiger partial charge on any atom is -0.228 e. The third-order valence-corrected chi connectivity index (χ3v) is 12.0. The Labute approximate surface area is 392 Å². The molecular formula is C60H38N8. The number of benzene rings is 8. The van der Waals surface area contributed by atoms with Crippen LogP contribution in [0, 0.1) is 0 Å². The third-order valence-electron chi connectivity index (χ3n) is 12.0. The highest BCUT2D eigenvalue weighted by Crippen LogP contribution is 2.35. The van der Waals surface area contributed by atoms with E-state index in [1.54, 1.807) is 0 Å². The molecule has 0 spiro atoms. The van der Waals surface area contributed by atoms with E-state index in [1.807, 2.05) is 146 Å². The number of para-hydroxylation sites is 2. The monoisotopic (exact) mass is 870 g/mol. The molecule has 8 nitrogen and oxygen atoms in total. The summed E-state index contributed by atoms with van der Waals surface area (Å²) in [6.07, 6.45) is 0. The Morgan fingerprint density at radius 1 is 0.191 bits per heavy atom. The number of aromatic nitrogens is 8. The number of fused-ring (bicyclic) bond motifs is 2. The van der Waals surface area contributed by atoms with Crippen LogP contribution in [0.3, 0.4) is 0 Å². The summed E-state index contributed by atoms with van der Waals surface area (Å²) >= 11 is 0. The van der Waals surface area contributed by atoms with Crippen molar-refractivity contribution in [3.05, 3.63) is 231 Å². The SMILES string of the molecule is c1ccc(-c2nc(-c3ccc(-c4ccc(-c5cc(-c6nc(-c7ccccc7)c7ccccc7n6)nc(-c6ccccc6)n5)cc4)cc3)cc(-c3nc(-c4ccccc4)c4ccccc4n3)n2)cc1. The molecule has 0 aliphatic rings. The van der Waals surface area contributed by atoms with Crippen LogP contribution < -0.4 is 0 Å². The van der Waals surface area contributed by atoms with Crippen molar-refractivity contribution in [1.82, 2.24) is 39.9 Å². The molecule has 0 saturated carbocycles. The maximum atomic E-state index is 5.14. The lowest BCUT2D eigenvalue weighted by molar-refractivity contribution is 1.13. The fraction of sp³-hybridized carbons (Fsp3) is 0. The summed E-state index contributed by atoms with van der Waals surface area (Å²) in [7, 11) is 0. The van der Waals surface area contributed by atoms with Gasteiger partial charge in [0.05, 0.1) is 33.8 Å². The second-order valence-electron chi connectivity index (χ2n) is 16.4. The molecule has 0 unspecified atom stereocenters. The highest BCUT2D eigenvalue weighted by molar-refractivity contribution is 5.95. The Morgan fingerprint density at radius 3 is 0.882 bits per heavy atom. The van der Waals surface area contributed by atoms with Crippen molar-refractivity contribution in [1.29, 1.82) is 0 Å². The number of hydrogen-bond donors (Lipinski definition) is 0. The zero-order chi connectivity index (χ0) is 45.2. The van der Waals surface area contributed by atoms with E-state index in [-0.39, 0.29) is 0 Å². The summed E-state index contributed by atoms with van der Waals surface area (Å²) in [6.45, 7) is 0. The van der Waals surface area contributed by atoms with Crippen LogP contribution in [0.4, 0.5) is 0 Å². The van der Waals surface area contributed by atoms with E-state index < -0.39 is 0 Å². The second-order valence-corrected chi connectivity index (χ2v) is 16.4. The van der Waals surface area contributed by atoms with Crippen molar-refractivity contribution in [3.63, 3.8) is 0 Å². The van der Waals surface area contributed by atoms with E-state index >= 15 is 0 Å². The first-order valence-electron chi connectivity index (χ1n) is 22.4. The summed E-state index contributed by atoms with van der Waals surface area (Å²) in [5.74, 6) is 2.27. The highest BCUT2D eigenvalue weighted by atomic mass is 15.0. The molecule has 8 aromatic carbocycles. The molecule has 0 aliphatic carbocycles. The molecule has 4 aromatic heterocycles. The average Bonchev–Trinajstić information content (AvgIpc) is 3.43.